The highest BCUT2D eigenvalue weighted by atomic mass is 35.5. The standard InChI is InChI=1S/C19H22N2O.ClH/c20-17-4-1-5-18-16(17)3-2-10-21(18)11-8-14-6-7-19-15(13-14)9-12-22-19;/h1,4-7,13H,2-3,8-12,20H2;1H. The molecule has 0 radical (unpaired) electrons. The lowest BCUT2D eigenvalue weighted by Crippen LogP contribution is -2.31. The van der Waals surface area contributed by atoms with Crippen molar-refractivity contribution in [2.45, 2.75) is 25.7 Å². The molecule has 0 aliphatic carbocycles. The van der Waals surface area contributed by atoms with Crippen molar-refractivity contribution < 1.29 is 4.74 Å². The highest BCUT2D eigenvalue weighted by molar-refractivity contribution is 5.85. The van der Waals surface area contributed by atoms with E-state index >= 15 is 0 Å². The third kappa shape index (κ3) is 3.11. The molecule has 0 fully saturated rings. The topological polar surface area (TPSA) is 38.5 Å². The largest absolute Gasteiger partial charge is 0.493 e. The molecule has 23 heavy (non-hydrogen) atoms. The van der Waals surface area contributed by atoms with E-state index in [2.05, 4.69) is 35.2 Å². The van der Waals surface area contributed by atoms with Gasteiger partial charge in [0.1, 0.15) is 5.75 Å². The number of benzene rings is 2. The average Bonchev–Trinajstić information content (AvgIpc) is 3.01. The molecule has 0 bridgehead atoms. The molecule has 4 heteroatoms. The summed E-state index contributed by atoms with van der Waals surface area (Å²) in [5.41, 5.74) is 12.5. The van der Waals surface area contributed by atoms with Gasteiger partial charge in [-0.15, -0.1) is 12.4 Å². The average molecular weight is 331 g/mol. The Labute approximate surface area is 143 Å². The molecule has 0 aromatic heterocycles. The van der Waals surface area contributed by atoms with Crippen LogP contribution in [0.4, 0.5) is 11.4 Å². The van der Waals surface area contributed by atoms with E-state index in [1.807, 2.05) is 6.07 Å². The predicted molar refractivity (Wildman–Crippen MR) is 98.0 cm³/mol. The monoisotopic (exact) mass is 330 g/mol. The molecule has 3 nitrogen and oxygen atoms in total. The number of hydrogen-bond acceptors (Lipinski definition) is 3. The molecule has 4 rings (SSSR count). The van der Waals surface area contributed by atoms with Gasteiger partial charge in [0.2, 0.25) is 0 Å². The van der Waals surface area contributed by atoms with Crippen molar-refractivity contribution in [1.82, 2.24) is 0 Å². The van der Waals surface area contributed by atoms with E-state index in [-0.39, 0.29) is 12.4 Å². The third-order valence-corrected chi connectivity index (χ3v) is 4.81. The second kappa shape index (κ2) is 6.71. The number of rotatable bonds is 3. The second-order valence-corrected chi connectivity index (χ2v) is 6.23. The zero-order valence-electron chi connectivity index (χ0n) is 13.3. The van der Waals surface area contributed by atoms with Crippen LogP contribution in [0.15, 0.2) is 36.4 Å². The zero-order valence-corrected chi connectivity index (χ0v) is 14.1. The van der Waals surface area contributed by atoms with E-state index in [1.54, 1.807) is 0 Å². The molecule has 0 amide bonds. The lowest BCUT2D eigenvalue weighted by atomic mass is 9.99. The Kier molecular flexibility index (Phi) is 4.67. The Hall–Kier alpha value is -1.87. The number of nitrogen functional groups attached to an aromatic ring is 1. The maximum absolute atomic E-state index is 6.13. The Morgan fingerprint density at radius 3 is 2.96 bits per heavy atom. The zero-order chi connectivity index (χ0) is 14.9. The fourth-order valence-corrected chi connectivity index (χ4v) is 3.62. The maximum Gasteiger partial charge on any atom is 0.122 e. The summed E-state index contributed by atoms with van der Waals surface area (Å²) in [4.78, 5) is 2.49. The van der Waals surface area contributed by atoms with Gasteiger partial charge >= 0.3 is 0 Å². The van der Waals surface area contributed by atoms with Crippen molar-refractivity contribution in [3.05, 3.63) is 53.1 Å². The summed E-state index contributed by atoms with van der Waals surface area (Å²) >= 11 is 0. The Morgan fingerprint density at radius 2 is 2.04 bits per heavy atom. The summed E-state index contributed by atoms with van der Waals surface area (Å²) < 4.78 is 5.58. The lowest BCUT2D eigenvalue weighted by molar-refractivity contribution is 0.357. The number of anilines is 2. The SMILES string of the molecule is Cl.Nc1cccc2c1CCCN2CCc1ccc2c(c1)CCO2. The number of nitrogens with two attached hydrogens (primary N) is 1. The van der Waals surface area contributed by atoms with Gasteiger partial charge in [-0.05, 0) is 54.2 Å². The molecule has 0 saturated carbocycles. The van der Waals surface area contributed by atoms with Crippen LogP contribution in [-0.2, 0) is 19.3 Å². The maximum atomic E-state index is 6.13. The van der Waals surface area contributed by atoms with E-state index < -0.39 is 0 Å². The number of halogens is 1. The predicted octanol–water partition coefficient (Wildman–Crippen LogP) is 3.62. The Balaban J connectivity index is 0.00000156. The minimum absolute atomic E-state index is 0. The van der Waals surface area contributed by atoms with Crippen LogP contribution in [-0.4, -0.2) is 19.7 Å². The van der Waals surface area contributed by atoms with Gasteiger partial charge in [-0.25, -0.2) is 0 Å². The molecule has 0 atom stereocenters. The van der Waals surface area contributed by atoms with Crippen LogP contribution < -0.4 is 15.4 Å². The van der Waals surface area contributed by atoms with Gasteiger partial charge in [0.15, 0.2) is 0 Å². The number of hydrogen-bond donors (Lipinski definition) is 1. The van der Waals surface area contributed by atoms with Gasteiger partial charge in [-0.1, -0.05) is 18.2 Å². The van der Waals surface area contributed by atoms with Crippen LogP contribution in [0, 0.1) is 0 Å². The minimum Gasteiger partial charge on any atom is -0.493 e. The van der Waals surface area contributed by atoms with E-state index in [1.165, 1.54) is 28.8 Å². The summed E-state index contributed by atoms with van der Waals surface area (Å²) in [6.45, 7) is 3.01. The van der Waals surface area contributed by atoms with E-state index in [4.69, 9.17) is 10.5 Å². The normalized spacial score (nSPS) is 15.4. The summed E-state index contributed by atoms with van der Waals surface area (Å²) in [5.74, 6) is 1.07. The molecule has 2 heterocycles. The second-order valence-electron chi connectivity index (χ2n) is 6.23. The van der Waals surface area contributed by atoms with E-state index in [0.29, 0.717) is 0 Å². The van der Waals surface area contributed by atoms with Crippen LogP contribution >= 0.6 is 12.4 Å². The van der Waals surface area contributed by atoms with Gasteiger partial charge in [-0.2, -0.15) is 0 Å². The third-order valence-electron chi connectivity index (χ3n) is 4.81. The van der Waals surface area contributed by atoms with E-state index in [9.17, 15) is 0 Å². The van der Waals surface area contributed by atoms with Crippen LogP contribution in [0.3, 0.4) is 0 Å². The molecule has 2 aromatic rings. The molecule has 2 aliphatic rings. The molecule has 0 saturated heterocycles. The number of nitrogens with zero attached hydrogens (tertiary/aromatic N) is 1. The van der Waals surface area contributed by atoms with Crippen molar-refractivity contribution in [2.24, 2.45) is 0 Å². The highest BCUT2D eigenvalue weighted by Gasteiger charge is 2.18. The van der Waals surface area contributed by atoms with Crippen LogP contribution in [0.25, 0.3) is 0 Å². The number of ether oxygens (including phenoxy) is 1. The first-order chi connectivity index (χ1) is 10.8. The summed E-state index contributed by atoms with van der Waals surface area (Å²) in [6, 6.07) is 12.9. The van der Waals surface area contributed by atoms with Crippen LogP contribution in [0.5, 0.6) is 5.75 Å². The number of fused-ring (bicyclic) bond motifs is 2. The van der Waals surface area contributed by atoms with Crippen molar-refractivity contribution in [2.75, 3.05) is 30.3 Å². The van der Waals surface area contributed by atoms with Crippen molar-refractivity contribution in [1.29, 1.82) is 0 Å². The smallest absolute Gasteiger partial charge is 0.122 e. The van der Waals surface area contributed by atoms with Gasteiger partial charge in [0.05, 0.1) is 6.61 Å². The molecule has 2 aromatic carbocycles. The van der Waals surface area contributed by atoms with Gasteiger partial charge in [-0.3, -0.25) is 0 Å². The molecule has 122 valence electrons. The first kappa shape index (κ1) is 16.0. The van der Waals surface area contributed by atoms with Gasteiger partial charge in [0.25, 0.3) is 0 Å². The first-order valence-corrected chi connectivity index (χ1v) is 8.18. The molecule has 2 aliphatic heterocycles. The van der Waals surface area contributed by atoms with Gasteiger partial charge in [0, 0.05) is 30.9 Å². The molecule has 2 N–H and O–H groups in total. The van der Waals surface area contributed by atoms with Gasteiger partial charge < -0.3 is 15.4 Å². The molecule has 0 spiro atoms. The quantitative estimate of drug-likeness (QED) is 0.873. The van der Waals surface area contributed by atoms with Crippen molar-refractivity contribution in [3.63, 3.8) is 0 Å². The summed E-state index contributed by atoms with van der Waals surface area (Å²) in [7, 11) is 0. The minimum atomic E-state index is 0. The van der Waals surface area contributed by atoms with Crippen molar-refractivity contribution in [3.8, 4) is 5.75 Å². The van der Waals surface area contributed by atoms with Crippen LogP contribution in [0.2, 0.25) is 0 Å². The summed E-state index contributed by atoms with van der Waals surface area (Å²) in [5, 5.41) is 0. The first-order valence-electron chi connectivity index (χ1n) is 8.18. The highest BCUT2D eigenvalue weighted by Crippen LogP contribution is 2.31. The molecular weight excluding hydrogens is 308 g/mol. The lowest BCUT2D eigenvalue weighted by Gasteiger charge is -2.32. The summed E-state index contributed by atoms with van der Waals surface area (Å²) in [6.07, 6.45) is 4.42. The Morgan fingerprint density at radius 1 is 1.13 bits per heavy atom. The Bertz CT molecular complexity index is 702. The fourth-order valence-electron chi connectivity index (χ4n) is 3.62. The van der Waals surface area contributed by atoms with E-state index in [0.717, 1.165) is 50.4 Å². The fraction of sp³-hybridized carbons (Fsp3) is 0.368. The van der Waals surface area contributed by atoms with Crippen molar-refractivity contribution >= 4 is 23.8 Å². The molecule has 0 unspecified atom stereocenters. The van der Waals surface area contributed by atoms with Crippen LogP contribution in [0.1, 0.15) is 23.1 Å². The molecular formula is C19H23ClN2O.